The van der Waals surface area contributed by atoms with Crippen molar-refractivity contribution in [3.8, 4) is 0 Å². The molecule has 1 unspecified atom stereocenters. The summed E-state index contributed by atoms with van der Waals surface area (Å²) >= 11 is 5.66. The van der Waals surface area contributed by atoms with Crippen LogP contribution in [0.1, 0.15) is 5.56 Å². The molecular formula is C13H11ClFNOS. The minimum Gasteiger partial charge on any atom is -0.399 e. The van der Waals surface area contributed by atoms with Crippen LogP contribution in [0.15, 0.2) is 47.4 Å². The standard InChI is InChI=1S/C13H11ClFNOS/c14-10-2-1-9(13(15)7-10)8-18(17)12-5-3-11(16)4-6-12/h1-7H,8,16H2. The Morgan fingerprint density at radius 2 is 1.83 bits per heavy atom. The first-order valence-electron chi connectivity index (χ1n) is 5.24. The van der Waals surface area contributed by atoms with Gasteiger partial charge in [-0.3, -0.25) is 4.21 Å². The number of nitrogen functional groups attached to an aromatic ring is 1. The van der Waals surface area contributed by atoms with Crippen molar-refractivity contribution < 1.29 is 8.60 Å². The van der Waals surface area contributed by atoms with Crippen molar-refractivity contribution in [2.24, 2.45) is 0 Å². The SMILES string of the molecule is Nc1ccc(S(=O)Cc2ccc(Cl)cc2F)cc1. The van der Waals surface area contributed by atoms with Crippen LogP contribution in [-0.4, -0.2) is 4.21 Å². The van der Waals surface area contributed by atoms with E-state index in [9.17, 15) is 8.60 Å². The van der Waals surface area contributed by atoms with Gasteiger partial charge in [-0.15, -0.1) is 0 Å². The van der Waals surface area contributed by atoms with Crippen molar-refractivity contribution in [3.63, 3.8) is 0 Å². The second-order valence-electron chi connectivity index (χ2n) is 3.79. The summed E-state index contributed by atoms with van der Waals surface area (Å²) < 4.78 is 25.6. The van der Waals surface area contributed by atoms with Crippen LogP contribution in [0.4, 0.5) is 10.1 Å². The quantitative estimate of drug-likeness (QED) is 0.878. The molecule has 0 aromatic heterocycles. The van der Waals surface area contributed by atoms with Crippen LogP contribution in [0.25, 0.3) is 0 Å². The summed E-state index contributed by atoms with van der Waals surface area (Å²) in [6, 6.07) is 11.1. The molecule has 0 spiro atoms. The summed E-state index contributed by atoms with van der Waals surface area (Å²) in [6.07, 6.45) is 0. The lowest BCUT2D eigenvalue weighted by Gasteiger charge is -2.05. The van der Waals surface area contributed by atoms with E-state index in [2.05, 4.69) is 0 Å². The van der Waals surface area contributed by atoms with E-state index in [4.69, 9.17) is 17.3 Å². The highest BCUT2D eigenvalue weighted by Crippen LogP contribution is 2.19. The van der Waals surface area contributed by atoms with Crippen LogP contribution in [-0.2, 0) is 16.6 Å². The van der Waals surface area contributed by atoms with E-state index in [-0.39, 0.29) is 5.75 Å². The van der Waals surface area contributed by atoms with Crippen molar-refractivity contribution in [1.29, 1.82) is 0 Å². The van der Waals surface area contributed by atoms with Crippen LogP contribution < -0.4 is 5.73 Å². The normalized spacial score (nSPS) is 12.3. The van der Waals surface area contributed by atoms with E-state index in [1.54, 1.807) is 36.4 Å². The van der Waals surface area contributed by atoms with Crippen molar-refractivity contribution in [2.45, 2.75) is 10.6 Å². The van der Waals surface area contributed by atoms with Gasteiger partial charge in [-0.25, -0.2) is 4.39 Å². The highest BCUT2D eigenvalue weighted by Gasteiger charge is 2.09. The van der Waals surface area contributed by atoms with Gasteiger partial charge in [0.25, 0.3) is 0 Å². The highest BCUT2D eigenvalue weighted by molar-refractivity contribution is 7.84. The van der Waals surface area contributed by atoms with Gasteiger partial charge < -0.3 is 5.73 Å². The van der Waals surface area contributed by atoms with Crippen LogP contribution in [0.5, 0.6) is 0 Å². The Hall–Kier alpha value is -1.39. The Morgan fingerprint density at radius 3 is 2.44 bits per heavy atom. The minimum atomic E-state index is -1.30. The van der Waals surface area contributed by atoms with Crippen LogP contribution in [0.2, 0.25) is 5.02 Å². The predicted octanol–water partition coefficient (Wildman–Crippen LogP) is 3.37. The Morgan fingerprint density at radius 1 is 1.17 bits per heavy atom. The predicted molar refractivity (Wildman–Crippen MR) is 72.4 cm³/mol. The van der Waals surface area contributed by atoms with Gasteiger partial charge in [-0.05, 0) is 36.4 Å². The summed E-state index contributed by atoms with van der Waals surface area (Å²) in [5.74, 6) is -0.321. The molecule has 1 atom stereocenters. The van der Waals surface area contributed by atoms with Gasteiger partial charge in [-0.2, -0.15) is 0 Å². The Labute approximate surface area is 112 Å². The van der Waals surface area contributed by atoms with E-state index in [0.717, 1.165) is 0 Å². The molecule has 0 amide bonds. The molecule has 0 bridgehead atoms. The molecule has 5 heteroatoms. The van der Waals surface area contributed by atoms with Crippen molar-refractivity contribution in [3.05, 3.63) is 58.9 Å². The molecule has 0 heterocycles. The van der Waals surface area contributed by atoms with E-state index in [0.29, 0.717) is 21.2 Å². The first kappa shape index (κ1) is 13.1. The van der Waals surface area contributed by atoms with E-state index >= 15 is 0 Å². The lowest BCUT2D eigenvalue weighted by Crippen LogP contribution is -1.99. The van der Waals surface area contributed by atoms with Crippen molar-refractivity contribution in [2.75, 3.05) is 5.73 Å². The molecule has 0 saturated carbocycles. The molecule has 0 saturated heterocycles. The Kier molecular flexibility index (Phi) is 3.99. The zero-order chi connectivity index (χ0) is 13.1. The summed E-state index contributed by atoms with van der Waals surface area (Å²) in [4.78, 5) is 0.624. The molecule has 2 nitrogen and oxygen atoms in total. The minimum absolute atomic E-state index is 0.118. The molecule has 18 heavy (non-hydrogen) atoms. The first-order valence-corrected chi connectivity index (χ1v) is 6.94. The van der Waals surface area contributed by atoms with E-state index in [1.165, 1.54) is 6.07 Å². The summed E-state index contributed by atoms with van der Waals surface area (Å²) in [7, 11) is -1.30. The molecule has 0 aliphatic carbocycles. The average Bonchev–Trinajstić information content (AvgIpc) is 2.33. The largest absolute Gasteiger partial charge is 0.399 e. The van der Waals surface area contributed by atoms with Gasteiger partial charge in [0.1, 0.15) is 5.82 Å². The van der Waals surface area contributed by atoms with Gasteiger partial charge >= 0.3 is 0 Å². The zero-order valence-electron chi connectivity index (χ0n) is 9.40. The maximum atomic E-state index is 13.6. The van der Waals surface area contributed by atoms with Gasteiger partial charge in [0.15, 0.2) is 0 Å². The smallest absolute Gasteiger partial charge is 0.128 e. The van der Waals surface area contributed by atoms with Crippen LogP contribution in [0.3, 0.4) is 0 Å². The van der Waals surface area contributed by atoms with Crippen LogP contribution in [0, 0.1) is 5.82 Å². The second-order valence-corrected chi connectivity index (χ2v) is 5.68. The fourth-order valence-electron chi connectivity index (χ4n) is 1.48. The number of nitrogens with two attached hydrogens (primary N) is 1. The number of hydrogen-bond donors (Lipinski definition) is 1. The molecular weight excluding hydrogens is 273 g/mol. The second kappa shape index (κ2) is 5.50. The maximum absolute atomic E-state index is 13.6. The summed E-state index contributed by atoms with van der Waals surface area (Å²) in [5, 5.41) is 0.328. The van der Waals surface area contributed by atoms with Gasteiger partial charge in [0, 0.05) is 21.2 Å². The van der Waals surface area contributed by atoms with Gasteiger partial charge in [0.2, 0.25) is 0 Å². The Bertz CT molecular complexity index is 586. The third kappa shape index (κ3) is 3.09. The van der Waals surface area contributed by atoms with E-state index < -0.39 is 16.6 Å². The highest BCUT2D eigenvalue weighted by atomic mass is 35.5. The molecule has 2 aromatic rings. The molecule has 0 radical (unpaired) electrons. The molecule has 94 valence electrons. The molecule has 0 fully saturated rings. The number of benzene rings is 2. The molecule has 0 aliphatic rings. The number of halogens is 2. The first-order chi connectivity index (χ1) is 8.56. The Balaban J connectivity index is 2.18. The monoisotopic (exact) mass is 283 g/mol. The van der Waals surface area contributed by atoms with Crippen LogP contribution >= 0.6 is 11.6 Å². The molecule has 2 rings (SSSR count). The van der Waals surface area contributed by atoms with Crippen molar-refractivity contribution >= 4 is 28.1 Å². The molecule has 2 aromatic carbocycles. The lowest BCUT2D eigenvalue weighted by molar-refractivity contribution is 0.615. The average molecular weight is 284 g/mol. The lowest BCUT2D eigenvalue weighted by atomic mass is 10.2. The summed E-state index contributed by atoms with van der Waals surface area (Å²) in [6.45, 7) is 0. The maximum Gasteiger partial charge on any atom is 0.128 e. The third-order valence-electron chi connectivity index (χ3n) is 2.44. The number of rotatable bonds is 3. The fourth-order valence-corrected chi connectivity index (χ4v) is 2.76. The van der Waals surface area contributed by atoms with Gasteiger partial charge in [-0.1, -0.05) is 17.7 Å². The topological polar surface area (TPSA) is 43.1 Å². The third-order valence-corrected chi connectivity index (χ3v) is 4.05. The fraction of sp³-hybridized carbons (Fsp3) is 0.0769. The number of anilines is 1. The summed E-state index contributed by atoms with van der Waals surface area (Å²) in [5.41, 5.74) is 6.54. The van der Waals surface area contributed by atoms with E-state index in [1.807, 2.05) is 0 Å². The van der Waals surface area contributed by atoms with Gasteiger partial charge in [0.05, 0.1) is 16.6 Å². The number of hydrogen-bond acceptors (Lipinski definition) is 2. The zero-order valence-corrected chi connectivity index (χ0v) is 11.0. The molecule has 2 N–H and O–H groups in total. The van der Waals surface area contributed by atoms with Crippen molar-refractivity contribution in [1.82, 2.24) is 0 Å². The molecule has 0 aliphatic heterocycles.